The second kappa shape index (κ2) is 8.10. The molecule has 27 heavy (non-hydrogen) atoms. The van der Waals surface area contributed by atoms with Crippen LogP contribution in [0.2, 0.25) is 0 Å². The van der Waals surface area contributed by atoms with Crippen molar-refractivity contribution in [3.63, 3.8) is 0 Å². The zero-order valence-corrected chi connectivity index (χ0v) is 16.4. The minimum atomic E-state index is -3.78. The Bertz CT molecular complexity index is 898. The van der Waals surface area contributed by atoms with Gasteiger partial charge < -0.3 is 5.32 Å². The Kier molecular flexibility index (Phi) is 5.82. The van der Waals surface area contributed by atoms with Crippen molar-refractivity contribution in [2.45, 2.75) is 25.3 Å². The van der Waals surface area contributed by atoms with Gasteiger partial charge in [-0.1, -0.05) is 42.5 Å². The van der Waals surface area contributed by atoms with Crippen molar-refractivity contribution >= 4 is 21.8 Å². The first kappa shape index (κ1) is 19.4. The quantitative estimate of drug-likeness (QED) is 0.828. The van der Waals surface area contributed by atoms with Gasteiger partial charge >= 0.3 is 10.2 Å². The average Bonchev–Trinajstić information content (AvgIpc) is 2.67. The molecule has 0 heterocycles. The van der Waals surface area contributed by atoms with Gasteiger partial charge in [-0.05, 0) is 42.5 Å². The maximum Gasteiger partial charge on any atom is 0.304 e. The van der Waals surface area contributed by atoms with Gasteiger partial charge in [0.15, 0.2) is 0 Å². The van der Waals surface area contributed by atoms with E-state index in [-0.39, 0.29) is 18.5 Å². The van der Waals surface area contributed by atoms with Gasteiger partial charge in [0.2, 0.25) is 5.91 Å². The molecule has 1 aliphatic rings. The van der Waals surface area contributed by atoms with E-state index >= 15 is 0 Å². The smallest absolute Gasteiger partial charge is 0.304 e. The van der Waals surface area contributed by atoms with Crippen molar-refractivity contribution in [2.24, 2.45) is 0 Å². The van der Waals surface area contributed by atoms with Gasteiger partial charge in [0.25, 0.3) is 0 Å². The summed E-state index contributed by atoms with van der Waals surface area (Å²) in [6.45, 7) is -0.261. The van der Waals surface area contributed by atoms with Crippen LogP contribution in [-0.2, 0) is 21.4 Å². The lowest BCUT2D eigenvalue weighted by Gasteiger charge is -2.29. The molecule has 1 aliphatic carbocycles. The van der Waals surface area contributed by atoms with E-state index in [4.69, 9.17) is 0 Å². The number of aryl methyl sites for hydroxylation is 1. The van der Waals surface area contributed by atoms with Crippen LogP contribution in [0.25, 0.3) is 0 Å². The lowest BCUT2D eigenvalue weighted by molar-refractivity contribution is -0.120. The molecular weight excluding hydrogens is 362 g/mol. The highest BCUT2D eigenvalue weighted by Gasteiger charge is 2.29. The van der Waals surface area contributed by atoms with Crippen molar-refractivity contribution in [1.82, 2.24) is 9.62 Å². The molecule has 0 spiro atoms. The molecule has 2 aromatic rings. The fourth-order valence-corrected chi connectivity index (χ4v) is 4.43. The molecule has 3 rings (SSSR count). The fraction of sp³-hybridized carbons (Fsp3) is 0.350. The molecule has 0 radical (unpaired) electrons. The molecule has 6 nitrogen and oxygen atoms in total. The van der Waals surface area contributed by atoms with Gasteiger partial charge in [0, 0.05) is 14.1 Å². The molecule has 0 aliphatic heterocycles. The van der Waals surface area contributed by atoms with Gasteiger partial charge in [0.05, 0.1) is 11.7 Å². The van der Waals surface area contributed by atoms with Crippen LogP contribution in [0.1, 0.15) is 30.0 Å². The SMILES string of the molecule is CN(C)S(=O)(=O)N(CC(=O)NC1CCCc2ccccc21)c1ccccc1. The zero-order valence-electron chi connectivity index (χ0n) is 15.6. The molecule has 2 aromatic carbocycles. The minimum Gasteiger partial charge on any atom is -0.348 e. The number of carbonyl (C=O) groups excluding carboxylic acids is 1. The molecule has 0 saturated heterocycles. The van der Waals surface area contributed by atoms with E-state index < -0.39 is 10.2 Å². The van der Waals surface area contributed by atoms with Gasteiger partial charge in [-0.15, -0.1) is 0 Å². The van der Waals surface area contributed by atoms with Crippen molar-refractivity contribution in [3.05, 3.63) is 65.7 Å². The van der Waals surface area contributed by atoms with E-state index in [9.17, 15) is 13.2 Å². The Morgan fingerprint density at radius 3 is 2.44 bits per heavy atom. The zero-order chi connectivity index (χ0) is 19.4. The Labute approximate surface area is 161 Å². The Morgan fingerprint density at radius 1 is 1.07 bits per heavy atom. The number of nitrogens with zero attached hydrogens (tertiary/aromatic N) is 2. The highest BCUT2D eigenvalue weighted by Crippen LogP contribution is 2.29. The maximum absolute atomic E-state index is 12.7. The maximum atomic E-state index is 12.7. The number of hydrogen-bond acceptors (Lipinski definition) is 3. The van der Waals surface area contributed by atoms with Crippen LogP contribution in [0, 0.1) is 0 Å². The summed E-state index contributed by atoms with van der Waals surface area (Å²) in [6.07, 6.45) is 2.86. The summed E-state index contributed by atoms with van der Waals surface area (Å²) in [5.74, 6) is -0.314. The summed E-state index contributed by atoms with van der Waals surface area (Å²) in [5, 5.41) is 3.02. The summed E-state index contributed by atoms with van der Waals surface area (Å²) < 4.78 is 27.7. The van der Waals surface area contributed by atoms with E-state index in [1.165, 1.54) is 19.7 Å². The molecule has 1 unspecified atom stereocenters. The second-order valence-electron chi connectivity index (χ2n) is 6.84. The van der Waals surface area contributed by atoms with Crippen LogP contribution < -0.4 is 9.62 Å². The van der Waals surface area contributed by atoms with Crippen molar-refractivity contribution in [2.75, 3.05) is 24.9 Å². The topological polar surface area (TPSA) is 69.7 Å². The van der Waals surface area contributed by atoms with E-state index in [0.717, 1.165) is 33.4 Å². The summed E-state index contributed by atoms with van der Waals surface area (Å²) in [5.41, 5.74) is 2.83. The number of hydrogen-bond donors (Lipinski definition) is 1. The highest BCUT2D eigenvalue weighted by molar-refractivity contribution is 7.90. The number of amides is 1. The molecule has 1 N–H and O–H groups in total. The molecule has 0 saturated carbocycles. The lowest BCUT2D eigenvalue weighted by Crippen LogP contribution is -2.46. The Morgan fingerprint density at radius 2 is 1.74 bits per heavy atom. The lowest BCUT2D eigenvalue weighted by atomic mass is 9.88. The average molecular weight is 388 g/mol. The van der Waals surface area contributed by atoms with Crippen LogP contribution in [0.5, 0.6) is 0 Å². The van der Waals surface area contributed by atoms with E-state index in [1.807, 2.05) is 24.3 Å². The van der Waals surface area contributed by atoms with Crippen LogP contribution in [0.3, 0.4) is 0 Å². The van der Waals surface area contributed by atoms with Crippen molar-refractivity contribution in [3.8, 4) is 0 Å². The number of anilines is 1. The minimum absolute atomic E-state index is 0.0814. The number of carbonyl (C=O) groups is 1. The standard InChI is InChI=1S/C20H25N3O3S/c1-22(2)27(25,26)23(17-11-4-3-5-12-17)15-20(24)21-19-14-8-10-16-9-6-7-13-18(16)19/h3-7,9,11-13,19H,8,10,14-15H2,1-2H3,(H,21,24). The van der Waals surface area contributed by atoms with Gasteiger partial charge in [0.1, 0.15) is 6.54 Å². The summed E-state index contributed by atoms with van der Waals surface area (Å²) in [4.78, 5) is 12.7. The molecule has 7 heteroatoms. The third-order valence-corrected chi connectivity index (χ3v) is 6.60. The predicted molar refractivity (Wildman–Crippen MR) is 107 cm³/mol. The van der Waals surface area contributed by atoms with Crippen molar-refractivity contribution in [1.29, 1.82) is 0 Å². The first-order chi connectivity index (χ1) is 12.9. The monoisotopic (exact) mass is 387 g/mol. The Balaban J connectivity index is 1.80. The third-order valence-electron chi connectivity index (χ3n) is 4.78. The molecule has 1 atom stereocenters. The Hall–Kier alpha value is -2.38. The normalized spacial score (nSPS) is 16.6. The summed E-state index contributed by atoms with van der Waals surface area (Å²) >= 11 is 0. The van der Waals surface area contributed by atoms with Crippen LogP contribution in [-0.4, -0.2) is 39.3 Å². The first-order valence-corrected chi connectivity index (χ1v) is 10.4. The second-order valence-corrected chi connectivity index (χ2v) is 8.91. The van der Waals surface area contributed by atoms with Crippen LogP contribution in [0.15, 0.2) is 54.6 Å². The third kappa shape index (κ3) is 4.31. The number of fused-ring (bicyclic) bond motifs is 1. The van der Waals surface area contributed by atoms with Gasteiger partial charge in [-0.3, -0.25) is 4.79 Å². The number of benzene rings is 2. The predicted octanol–water partition coefficient (Wildman–Crippen LogP) is 2.49. The largest absolute Gasteiger partial charge is 0.348 e. The molecule has 0 aromatic heterocycles. The molecule has 144 valence electrons. The van der Waals surface area contributed by atoms with Crippen LogP contribution in [0.4, 0.5) is 5.69 Å². The first-order valence-electron chi connectivity index (χ1n) is 9.02. The van der Waals surface area contributed by atoms with Gasteiger partial charge in [-0.2, -0.15) is 12.7 Å². The highest BCUT2D eigenvalue weighted by atomic mass is 32.2. The van der Waals surface area contributed by atoms with E-state index in [0.29, 0.717) is 5.69 Å². The number of rotatable bonds is 6. The summed E-state index contributed by atoms with van der Waals surface area (Å²) in [7, 11) is -0.865. The summed E-state index contributed by atoms with van der Waals surface area (Å²) in [6, 6.07) is 16.7. The van der Waals surface area contributed by atoms with E-state index in [1.54, 1.807) is 24.3 Å². The number of para-hydroxylation sites is 1. The number of nitrogens with one attached hydrogen (secondary N) is 1. The van der Waals surface area contributed by atoms with Crippen molar-refractivity contribution < 1.29 is 13.2 Å². The van der Waals surface area contributed by atoms with Crippen LogP contribution >= 0.6 is 0 Å². The van der Waals surface area contributed by atoms with Gasteiger partial charge in [-0.25, -0.2) is 4.31 Å². The van der Waals surface area contributed by atoms with E-state index in [2.05, 4.69) is 11.4 Å². The fourth-order valence-electron chi connectivity index (χ4n) is 3.37. The molecule has 1 amide bonds. The molecular formula is C20H25N3O3S. The molecule has 0 fully saturated rings. The molecule has 0 bridgehead atoms.